The van der Waals surface area contributed by atoms with E-state index in [4.69, 9.17) is 4.74 Å². The van der Waals surface area contributed by atoms with E-state index >= 15 is 0 Å². The minimum Gasteiger partial charge on any atom is -0.493 e. The summed E-state index contributed by atoms with van der Waals surface area (Å²) in [5.41, 5.74) is 3.34. The van der Waals surface area contributed by atoms with Crippen molar-refractivity contribution in [1.29, 1.82) is 0 Å². The molecule has 0 saturated carbocycles. The fourth-order valence-corrected chi connectivity index (χ4v) is 2.58. The van der Waals surface area contributed by atoms with Crippen molar-refractivity contribution in [2.24, 2.45) is 10.9 Å². The van der Waals surface area contributed by atoms with Gasteiger partial charge in [-0.15, -0.1) is 0 Å². The first-order valence-corrected chi connectivity index (χ1v) is 9.23. The maximum absolute atomic E-state index is 6.04. The summed E-state index contributed by atoms with van der Waals surface area (Å²) >= 11 is 0. The summed E-state index contributed by atoms with van der Waals surface area (Å²) in [5.74, 6) is 2.40. The van der Waals surface area contributed by atoms with Crippen molar-refractivity contribution in [3.63, 3.8) is 0 Å². The van der Waals surface area contributed by atoms with Gasteiger partial charge in [-0.2, -0.15) is 5.10 Å². The molecule has 1 heterocycles. The number of hydrogen-bond acceptors (Lipinski definition) is 3. The van der Waals surface area contributed by atoms with E-state index < -0.39 is 0 Å². The molecule has 0 spiro atoms. The number of ether oxygens (including phenoxy) is 1. The van der Waals surface area contributed by atoms with Crippen LogP contribution in [0.25, 0.3) is 0 Å². The second kappa shape index (κ2) is 10.5. The molecule has 0 radical (unpaired) electrons. The van der Waals surface area contributed by atoms with Gasteiger partial charge in [0.25, 0.3) is 0 Å². The van der Waals surface area contributed by atoms with E-state index in [1.165, 1.54) is 12.0 Å². The Kier molecular flexibility index (Phi) is 7.99. The molecule has 26 heavy (non-hydrogen) atoms. The zero-order valence-electron chi connectivity index (χ0n) is 16.3. The van der Waals surface area contributed by atoms with E-state index in [2.05, 4.69) is 64.8 Å². The van der Waals surface area contributed by atoms with Crippen LogP contribution in [0.3, 0.4) is 0 Å². The van der Waals surface area contributed by atoms with Gasteiger partial charge in [0.2, 0.25) is 0 Å². The van der Waals surface area contributed by atoms with Crippen LogP contribution in [0.1, 0.15) is 43.5 Å². The minimum atomic E-state index is 0.645. The molecule has 0 aliphatic carbocycles. The van der Waals surface area contributed by atoms with Crippen molar-refractivity contribution in [3.8, 4) is 5.75 Å². The first kappa shape index (κ1) is 19.8. The summed E-state index contributed by atoms with van der Waals surface area (Å²) in [7, 11) is 1.76. The van der Waals surface area contributed by atoms with E-state index in [1.807, 2.05) is 6.07 Å². The highest BCUT2D eigenvalue weighted by Gasteiger charge is 2.07. The van der Waals surface area contributed by atoms with Crippen molar-refractivity contribution in [1.82, 2.24) is 20.8 Å². The molecule has 2 aromatic rings. The average Bonchev–Trinajstić information content (AvgIpc) is 3.13. The number of H-pyrrole nitrogens is 1. The fourth-order valence-electron chi connectivity index (χ4n) is 2.58. The molecule has 6 heteroatoms. The monoisotopic (exact) mass is 357 g/mol. The van der Waals surface area contributed by atoms with E-state index in [0.29, 0.717) is 19.0 Å². The lowest BCUT2D eigenvalue weighted by molar-refractivity contribution is 0.294. The van der Waals surface area contributed by atoms with Gasteiger partial charge in [-0.3, -0.25) is 10.1 Å². The number of hydrogen-bond donors (Lipinski definition) is 3. The number of aromatic nitrogens is 2. The zero-order valence-corrected chi connectivity index (χ0v) is 16.3. The van der Waals surface area contributed by atoms with Crippen LogP contribution in [0.2, 0.25) is 0 Å². The van der Waals surface area contributed by atoms with Gasteiger partial charge in [0.15, 0.2) is 5.96 Å². The summed E-state index contributed by atoms with van der Waals surface area (Å²) < 4.78 is 6.04. The lowest BCUT2D eigenvalue weighted by Crippen LogP contribution is -2.36. The third-order valence-electron chi connectivity index (χ3n) is 4.08. The second-order valence-corrected chi connectivity index (χ2v) is 6.86. The molecule has 0 aliphatic rings. The Hall–Kier alpha value is -2.50. The third-order valence-corrected chi connectivity index (χ3v) is 4.08. The van der Waals surface area contributed by atoms with E-state index in [9.17, 15) is 0 Å². The maximum atomic E-state index is 6.04. The number of guanidine groups is 1. The summed E-state index contributed by atoms with van der Waals surface area (Å²) in [5, 5.41) is 13.5. The lowest BCUT2D eigenvalue weighted by Gasteiger charge is -2.15. The molecule has 0 aliphatic heterocycles. The van der Waals surface area contributed by atoms with Crippen molar-refractivity contribution in [2.45, 2.75) is 46.7 Å². The van der Waals surface area contributed by atoms with Crippen LogP contribution in [0.4, 0.5) is 0 Å². The summed E-state index contributed by atoms with van der Waals surface area (Å²) in [6.07, 6.45) is 4.00. The standard InChI is InChI=1S/C20H31N5O/c1-15(2)6-5-11-26-19-12-16(3)7-8-17(19)13-22-20(21-4)23-14-18-9-10-24-25-18/h7-10,12,15H,5-6,11,13-14H2,1-4H3,(H,24,25)(H2,21,22,23). The lowest BCUT2D eigenvalue weighted by atomic mass is 10.1. The molecule has 0 unspecified atom stereocenters. The van der Waals surface area contributed by atoms with Gasteiger partial charge in [0, 0.05) is 25.4 Å². The molecular formula is C20H31N5O. The van der Waals surface area contributed by atoms with Crippen LogP contribution in [0.5, 0.6) is 5.75 Å². The van der Waals surface area contributed by atoms with Crippen LogP contribution in [-0.4, -0.2) is 29.8 Å². The number of rotatable bonds is 9. The first-order chi connectivity index (χ1) is 12.6. The Morgan fingerprint density at radius 3 is 2.73 bits per heavy atom. The van der Waals surface area contributed by atoms with Gasteiger partial charge in [-0.25, -0.2) is 0 Å². The Labute approximate surface area is 156 Å². The number of aliphatic imine (C=N–C) groups is 1. The molecule has 142 valence electrons. The molecule has 0 fully saturated rings. The van der Waals surface area contributed by atoms with E-state index in [-0.39, 0.29) is 0 Å². The highest BCUT2D eigenvalue weighted by molar-refractivity contribution is 5.79. The van der Waals surface area contributed by atoms with Crippen molar-refractivity contribution < 1.29 is 4.74 Å². The normalized spacial score (nSPS) is 11.7. The Morgan fingerprint density at radius 1 is 1.23 bits per heavy atom. The van der Waals surface area contributed by atoms with Crippen molar-refractivity contribution in [2.75, 3.05) is 13.7 Å². The molecule has 1 aromatic carbocycles. The number of benzene rings is 1. The molecular weight excluding hydrogens is 326 g/mol. The Balaban J connectivity index is 1.88. The number of nitrogens with zero attached hydrogens (tertiary/aromatic N) is 2. The summed E-state index contributed by atoms with van der Waals surface area (Å²) in [4.78, 5) is 4.26. The SMILES string of the molecule is CN=C(NCc1ccn[nH]1)NCc1ccc(C)cc1OCCCC(C)C. The van der Waals surface area contributed by atoms with Crippen LogP contribution in [0, 0.1) is 12.8 Å². The van der Waals surface area contributed by atoms with Gasteiger partial charge < -0.3 is 15.4 Å². The molecule has 3 N–H and O–H groups in total. The van der Waals surface area contributed by atoms with Gasteiger partial charge in [0.1, 0.15) is 5.75 Å². The molecule has 0 saturated heterocycles. The van der Waals surface area contributed by atoms with Gasteiger partial charge in [-0.1, -0.05) is 26.0 Å². The highest BCUT2D eigenvalue weighted by atomic mass is 16.5. The van der Waals surface area contributed by atoms with Crippen molar-refractivity contribution in [3.05, 3.63) is 47.3 Å². The van der Waals surface area contributed by atoms with Crippen LogP contribution >= 0.6 is 0 Å². The predicted octanol–water partition coefficient (Wildman–Crippen LogP) is 3.40. The zero-order chi connectivity index (χ0) is 18.8. The largest absolute Gasteiger partial charge is 0.493 e. The smallest absolute Gasteiger partial charge is 0.191 e. The van der Waals surface area contributed by atoms with E-state index in [0.717, 1.165) is 36.0 Å². The third kappa shape index (κ3) is 6.78. The Bertz CT molecular complexity index is 680. The van der Waals surface area contributed by atoms with Gasteiger partial charge >= 0.3 is 0 Å². The molecule has 0 bridgehead atoms. The fraction of sp³-hybridized carbons (Fsp3) is 0.500. The van der Waals surface area contributed by atoms with Gasteiger partial charge in [-0.05, 0) is 43.4 Å². The Morgan fingerprint density at radius 2 is 2.04 bits per heavy atom. The number of aryl methyl sites for hydroxylation is 1. The van der Waals surface area contributed by atoms with E-state index in [1.54, 1.807) is 13.2 Å². The first-order valence-electron chi connectivity index (χ1n) is 9.23. The van der Waals surface area contributed by atoms with Gasteiger partial charge in [0.05, 0.1) is 18.8 Å². The summed E-state index contributed by atoms with van der Waals surface area (Å²) in [6, 6.07) is 8.26. The average molecular weight is 358 g/mol. The predicted molar refractivity (Wildman–Crippen MR) is 106 cm³/mol. The molecule has 0 atom stereocenters. The molecule has 0 amide bonds. The molecule has 6 nitrogen and oxygen atoms in total. The van der Waals surface area contributed by atoms with Crippen LogP contribution < -0.4 is 15.4 Å². The molecule has 2 rings (SSSR count). The van der Waals surface area contributed by atoms with Crippen LogP contribution in [-0.2, 0) is 13.1 Å². The highest BCUT2D eigenvalue weighted by Crippen LogP contribution is 2.21. The van der Waals surface area contributed by atoms with Crippen LogP contribution in [0.15, 0.2) is 35.5 Å². The number of nitrogens with one attached hydrogen (secondary N) is 3. The minimum absolute atomic E-state index is 0.645. The second-order valence-electron chi connectivity index (χ2n) is 6.86. The summed E-state index contributed by atoms with van der Waals surface area (Å²) in [6.45, 7) is 8.62. The molecule has 1 aromatic heterocycles. The van der Waals surface area contributed by atoms with Crippen molar-refractivity contribution >= 4 is 5.96 Å². The maximum Gasteiger partial charge on any atom is 0.191 e. The quantitative estimate of drug-likeness (QED) is 0.365. The number of aromatic amines is 1. The topological polar surface area (TPSA) is 74.3 Å².